The van der Waals surface area contributed by atoms with Crippen LogP contribution in [0.1, 0.15) is 44.2 Å². The molecule has 2 aromatic heterocycles. The molecule has 162 valence electrons. The van der Waals surface area contributed by atoms with Gasteiger partial charge in [0.05, 0.1) is 0 Å². The fraction of sp³-hybridized carbons (Fsp3) is 0.476. The van der Waals surface area contributed by atoms with Crippen molar-refractivity contribution in [1.82, 2.24) is 9.97 Å². The SMILES string of the molecule is CC(C)C(CCc1ccc(B(O)O)[nH]c1=O)CC(C=O)CCc1ccc(=O)[nH]c1N. The van der Waals surface area contributed by atoms with Crippen LogP contribution >= 0.6 is 0 Å². The molecule has 0 aliphatic heterocycles. The molecule has 0 saturated carbocycles. The summed E-state index contributed by atoms with van der Waals surface area (Å²) in [5, 5.41) is 18.3. The van der Waals surface area contributed by atoms with Crippen LogP contribution in [0.25, 0.3) is 0 Å². The van der Waals surface area contributed by atoms with Crippen molar-refractivity contribution in [2.24, 2.45) is 17.8 Å². The number of rotatable bonds is 11. The molecule has 0 saturated heterocycles. The Bertz CT molecular complexity index is 954. The molecule has 9 heteroatoms. The first-order valence-corrected chi connectivity index (χ1v) is 10.2. The summed E-state index contributed by atoms with van der Waals surface area (Å²) in [7, 11) is -1.71. The molecule has 2 aromatic rings. The van der Waals surface area contributed by atoms with Gasteiger partial charge in [0.25, 0.3) is 5.56 Å². The van der Waals surface area contributed by atoms with Gasteiger partial charge in [0.2, 0.25) is 5.56 Å². The minimum absolute atomic E-state index is 0.0618. The first-order chi connectivity index (χ1) is 14.2. The molecule has 2 atom stereocenters. The Morgan fingerprint density at radius 3 is 2.27 bits per heavy atom. The van der Waals surface area contributed by atoms with Crippen molar-refractivity contribution in [3.63, 3.8) is 0 Å². The lowest BCUT2D eigenvalue weighted by molar-refractivity contribution is -0.111. The van der Waals surface area contributed by atoms with E-state index in [-0.39, 0.29) is 28.5 Å². The van der Waals surface area contributed by atoms with Crippen molar-refractivity contribution in [3.05, 3.63) is 56.1 Å². The normalized spacial score (nSPS) is 13.2. The number of aryl methyl sites for hydroxylation is 2. The minimum atomic E-state index is -1.71. The number of pyridine rings is 2. The van der Waals surface area contributed by atoms with Crippen molar-refractivity contribution in [2.75, 3.05) is 5.73 Å². The summed E-state index contributed by atoms with van der Waals surface area (Å²) in [6.07, 6.45) is 4.19. The molecule has 0 fully saturated rings. The maximum atomic E-state index is 12.1. The van der Waals surface area contributed by atoms with Crippen molar-refractivity contribution in [1.29, 1.82) is 0 Å². The smallest absolute Gasteiger partial charge is 0.422 e. The number of carbonyl (C=O) groups excluding carboxylic acids is 1. The Labute approximate surface area is 175 Å². The predicted octanol–water partition coefficient (Wildman–Crippen LogP) is 0.368. The van der Waals surface area contributed by atoms with Crippen LogP contribution < -0.4 is 22.4 Å². The Morgan fingerprint density at radius 2 is 1.70 bits per heavy atom. The Hall–Kier alpha value is -2.65. The van der Waals surface area contributed by atoms with Gasteiger partial charge in [0.15, 0.2) is 0 Å². The summed E-state index contributed by atoms with van der Waals surface area (Å²) in [6.45, 7) is 4.20. The molecule has 0 aliphatic carbocycles. The van der Waals surface area contributed by atoms with Crippen molar-refractivity contribution in [3.8, 4) is 0 Å². The van der Waals surface area contributed by atoms with Crippen LogP contribution in [0.2, 0.25) is 0 Å². The number of nitrogens with one attached hydrogen (secondary N) is 2. The van der Waals surface area contributed by atoms with E-state index in [4.69, 9.17) is 15.8 Å². The number of aldehydes is 1. The molecular formula is C21H30BN3O5. The first-order valence-electron chi connectivity index (χ1n) is 10.2. The second kappa shape index (κ2) is 10.9. The van der Waals surface area contributed by atoms with Crippen LogP contribution in [0.5, 0.6) is 0 Å². The molecule has 0 amide bonds. The lowest BCUT2D eigenvalue weighted by Crippen LogP contribution is -2.37. The summed E-state index contributed by atoms with van der Waals surface area (Å²) in [6, 6.07) is 6.22. The van der Waals surface area contributed by atoms with Gasteiger partial charge >= 0.3 is 7.12 Å². The highest BCUT2D eigenvalue weighted by Crippen LogP contribution is 2.27. The Morgan fingerprint density at radius 1 is 1.03 bits per heavy atom. The quantitative estimate of drug-likeness (QED) is 0.264. The van der Waals surface area contributed by atoms with Gasteiger partial charge in [-0.25, -0.2) is 0 Å². The Balaban J connectivity index is 1.98. The lowest BCUT2D eigenvalue weighted by atomic mass is 9.81. The summed E-state index contributed by atoms with van der Waals surface area (Å²) in [5.41, 5.74) is 6.72. The van der Waals surface area contributed by atoms with Crippen LogP contribution in [0, 0.1) is 17.8 Å². The van der Waals surface area contributed by atoms with Crippen LogP contribution in [0.4, 0.5) is 5.82 Å². The summed E-state index contributed by atoms with van der Waals surface area (Å²) >= 11 is 0. The van der Waals surface area contributed by atoms with Crippen LogP contribution in [0.3, 0.4) is 0 Å². The average Bonchev–Trinajstić information content (AvgIpc) is 2.69. The number of hydrogen-bond donors (Lipinski definition) is 5. The standard InChI is InChI=1S/C21H30BN3O5/c1-13(2)17(6-5-16-7-9-18(22(29)30)24-21(16)28)11-14(12-26)3-4-15-8-10-19(27)25-20(15)23/h7-10,12-14,17,29-30H,3-6,11H2,1-2H3,(H,24,28)(H3,23,25,27). The monoisotopic (exact) mass is 415 g/mol. The molecule has 0 bridgehead atoms. The van der Waals surface area contributed by atoms with Crippen molar-refractivity contribution in [2.45, 2.75) is 46.0 Å². The maximum Gasteiger partial charge on any atom is 0.505 e. The number of nitrogen functional groups attached to an aromatic ring is 1. The van der Waals surface area contributed by atoms with Gasteiger partial charge in [-0.15, -0.1) is 0 Å². The second-order valence-corrected chi connectivity index (χ2v) is 8.12. The molecule has 0 spiro atoms. The zero-order valence-electron chi connectivity index (χ0n) is 17.4. The number of hydrogen-bond acceptors (Lipinski definition) is 6. The minimum Gasteiger partial charge on any atom is -0.422 e. The van der Waals surface area contributed by atoms with E-state index >= 15 is 0 Å². The van der Waals surface area contributed by atoms with Crippen LogP contribution in [0.15, 0.2) is 33.9 Å². The third kappa shape index (κ3) is 6.71. The predicted molar refractivity (Wildman–Crippen MR) is 118 cm³/mol. The van der Waals surface area contributed by atoms with E-state index in [2.05, 4.69) is 23.8 Å². The highest BCUT2D eigenvalue weighted by Gasteiger charge is 2.21. The summed E-state index contributed by atoms with van der Waals surface area (Å²) in [4.78, 5) is 40.1. The van der Waals surface area contributed by atoms with Gasteiger partial charge in [-0.1, -0.05) is 19.9 Å². The van der Waals surface area contributed by atoms with E-state index in [1.807, 2.05) is 0 Å². The molecule has 6 N–H and O–H groups in total. The number of H-pyrrole nitrogens is 2. The number of carbonyl (C=O) groups is 1. The van der Waals surface area contributed by atoms with E-state index in [1.165, 1.54) is 12.1 Å². The third-order valence-electron chi connectivity index (χ3n) is 5.64. The fourth-order valence-electron chi connectivity index (χ4n) is 3.64. The van der Waals surface area contributed by atoms with E-state index in [9.17, 15) is 14.4 Å². The number of nitrogens with two attached hydrogens (primary N) is 1. The van der Waals surface area contributed by atoms with Gasteiger partial charge in [0, 0.05) is 23.1 Å². The molecular weight excluding hydrogens is 385 g/mol. The van der Waals surface area contributed by atoms with E-state index < -0.39 is 7.12 Å². The molecule has 0 aromatic carbocycles. The number of anilines is 1. The van der Waals surface area contributed by atoms with Crippen molar-refractivity contribution < 1.29 is 14.8 Å². The molecule has 0 aliphatic rings. The zero-order chi connectivity index (χ0) is 22.3. The van der Waals surface area contributed by atoms with E-state index in [0.29, 0.717) is 43.0 Å². The summed E-state index contributed by atoms with van der Waals surface area (Å²) < 4.78 is 0. The van der Waals surface area contributed by atoms with Crippen LogP contribution in [-0.2, 0) is 17.6 Å². The highest BCUT2D eigenvalue weighted by atomic mass is 16.4. The van der Waals surface area contributed by atoms with Gasteiger partial charge < -0.3 is 30.5 Å². The molecule has 2 unspecified atom stereocenters. The molecule has 8 nitrogen and oxygen atoms in total. The third-order valence-corrected chi connectivity index (χ3v) is 5.64. The molecule has 30 heavy (non-hydrogen) atoms. The van der Waals surface area contributed by atoms with E-state index in [1.54, 1.807) is 12.1 Å². The van der Waals surface area contributed by atoms with Crippen LogP contribution in [-0.4, -0.2) is 33.4 Å². The largest absolute Gasteiger partial charge is 0.505 e. The highest BCUT2D eigenvalue weighted by molar-refractivity contribution is 6.57. The van der Waals surface area contributed by atoms with Crippen molar-refractivity contribution >= 4 is 24.8 Å². The van der Waals surface area contributed by atoms with Gasteiger partial charge in [0.1, 0.15) is 12.1 Å². The first kappa shape index (κ1) is 23.6. The Kier molecular flexibility index (Phi) is 8.62. The molecule has 2 rings (SSSR count). The molecule has 0 radical (unpaired) electrons. The second-order valence-electron chi connectivity index (χ2n) is 8.12. The topological polar surface area (TPSA) is 149 Å². The number of aromatic nitrogens is 2. The zero-order valence-corrected chi connectivity index (χ0v) is 17.4. The average molecular weight is 415 g/mol. The van der Waals surface area contributed by atoms with E-state index in [0.717, 1.165) is 18.3 Å². The van der Waals surface area contributed by atoms with Gasteiger partial charge in [-0.3, -0.25) is 9.59 Å². The lowest BCUT2D eigenvalue weighted by Gasteiger charge is -2.24. The summed E-state index contributed by atoms with van der Waals surface area (Å²) in [5.74, 6) is 0.774. The number of aromatic amines is 2. The maximum absolute atomic E-state index is 12.1. The fourth-order valence-corrected chi connectivity index (χ4v) is 3.64. The van der Waals surface area contributed by atoms with Gasteiger partial charge in [-0.2, -0.15) is 0 Å². The molecule has 2 heterocycles. The van der Waals surface area contributed by atoms with Gasteiger partial charge in [-0.05, 0) is 61.6 Å².